The summed E-state index contributed by atoms with van der Waals surface area (Å²) in [7, 11) is 0. The van der Waals surface area contributed by atoms with Gasteiger partial charge in [-0.1, -0.05) is 32.6 Å². The summed E-state index contributed by atoms with van der Waals surface area (Å²) < 4.78 is 5.64. The molecule has 0 spiro atoms. The fourth-order valence-corrected chi connectivity index (χ4v) is 1.72. The molecule has 0 aliphatic heterocycles. The molecule has 0 aromatic rings. The average Bonchev–Trinajstić information content (AvgIpc) is 2.28. The van der Waals surface area contributed by atoms with Crippen LogP contribution in [0.1, 0.15) is 66.2 Å². The quantitative estimate of drug-likeness (QED) is 0.629. The average molecular weight is 241 g/mol. The normalized spacial score (nSPS) is 18.1. The van der Waals surface area contributed by atoms with Gasteiger partial charge in [-0.2, -0.15) is 5.26 Å². The lowest BCUT2D eigenvalue weighted by molar-refractivity contribution is -0.0911. The van der Waals surface area contributed by atoms with Gasteiger partial charge in [0.05, 0.1) is 18.3 Å². The summed E-state index contributed by atoms with van der Waals surface area (Å²) >= 11 is 0. The van der Waals surface area contributed by atoms with E-state index in [-0.39, 0.29) is 6.10 Å². The van der Waals surface area contributed by atoms with Crippen molar-refractivity contribution in [1.29, 1.82) is 5.26 Å². The molecule has 0 rings (SSSR count). The highest BCUT2D eigenvalue weighted by atomic mass is 16.5. The fourth-order valence-electron chi connectivity index (χ4n) is 1.72. The van der Waals surface area contributed by atoms with Gasteiger partial charge in [-0.05, 0) is 33.6 Å². The predicted octanol–water partition coefficient (Wildman–Crippen LogP) is 3.42. The van der Waals surface area contributed by atoms with Crippen molar-refractivity contribution in [2.75, 3.05) is 0 Å². The second kappa shape index (κ2) is 8.49. The minimum Gasteiger partial charge on any atom is -0.391 e. The van der Waals surface area contributed by atoms with Crippen LogP contribution < -0.4 is 0 Å². The van der Waals surface area contributed by atoms with Gasteiger partial charge in [-0.3, -0.25) is 0 Å². The molecule has 0 aromatic carbocycles. The Balaban J connectivity index is 3.98. The lowest BCUT2D eigenvalue weighted by atomic mass is 9.98. The van der Waals surface area contributed by atoms with Crippen LogP contribution in [0.4, 0.5) is 0 Å². The maximum atomic E-state index is 9.39. The van der Waals surface area contributed by atoms with E-state index < -0.39 is 11.7 Å². The van der Waals surface area contributed by atoms with E-state index in [1.165, 1.54) is 19.3 Å². The lowest BCUT2D eigenvalue weighted by Crippen LogP contribution is -2.36. The predicted molar refractivity (Wildman–Crippen MR) is 69.6 cm³/mol. The summed E-state index contributed by atoms with van der Waals surface area (Å²) in [6.45, 7) is 7.49. The second-order valence-electron chi connectivity index (χ2n) is 5.07. The van der Waals surface area contributed by atoms with Crippen molar-refractivity contribution in [3.63, 3.8) is 0 Å². The van der Waals surface area contributed by atoms with E-state index in [1.807, 2.05) is 6.92 Å². The van der Waals surface area contributed by atoms with Gasteiger partial charge in [0.15, 0.2) is 5.60 Å². The number of ether oxygens (including phenoxy) is 1. The first-order chi connectivity index (χ1) is 7.95. The Morgan fingerprint density at radius 3 is 2.29 bits per heavy atom. The molecule has 0 amide bonds. The Labute approximate surface area is 106 Å². The molecule has 0 aliphatic carbocycles. The van der Waals surface area contributed by atoms with Gasteiger partial charge in [0.1, 0.15) is 0 Å². The van der Waals surface area contributed by atoms with E-state index in [0.29, 0.717) is 0 Å². The van der Waals surface area contributed by atoms with E-state index in [4.69, 9.17) is 10.00 Å². The molecule has 1 N–H and O–H groups in total. The van der Waals surface area contributed by atoms with Crippen LogP contribution in [0.5, 0.6) is 0 Å². The zero-order valence-electron chi connectivity index (χ0n) is 11.7. The first-order valence-electron chi connectivity index (χ1n) is 6.72. The minimum atomic E-state index is -0.761. The highest BCUT2D eigenvalue weighted by molar-refractivity contribution is 4.98. The van der Waals surface area contributed by atoms with E-state index in [2.05, 4.69) is 13.0 Å². The molecular formula is C14H27NO2. The van der Waals surface area contributed by atoms with Gasteiger partial charge in [0, 0.05) is 0 Å². The lowest BCUT2D eigenvalue weighted by Gasteiger charge is -2.28. The number of unbranched alkanes of at least 4 members (excludes halogenated alkanes) is 4. The number of nitrogens with zero attached hydrogens (tertiary/aromatic N) is 1. The van der Waals surface area contributed by atoms with Crippen molar-refractivity contribution in [3.8, 4) is 6.07 Å². The number of nitriles is 1. The number of hydrogen-bond acceptors (Lipinski definition) is 3. The Kier molecular flexibility index (Phi) is 8.20. The third-order valence-corrected chi connectivity index (χ3v) is 3.12. The first-order valence-corrected chi connectivity index (χ1v) is 6.72. The Hall–Kier alpha value is -0.590. The summed E-state index contributed by atoms with van der Waals surface area (Å²) in [4.78, 5) is 0. The maximum absolute atomic E-state index is 9.39. The van der Waals surface area contributed by atoms with Gasteiger partial charge in [0.2, 0.25) is 0 Å². The van der Waals surface area contributed by atoms with Crippen LogP contribution in [0.25, 0.3) is 0 Å². The van der Waals surface area contributed by atoms with Crippen LogP contribution in [0.2, 0.25) is 0 Å². The molecule has 0 saturated heterocycles. The Morgan fingerprint density at radius 2 is 1.82 bits per heavy atom. The fraction of sp³-hybridized carbons (Fsp3) is 0.929. The Bertz CT molecular complexity index is 235. The van der Waals surface area contributed by atoms with Crippen LogP contribution in [0, 0.1) is 11.3 Å². The summed E-state index contributed by atoms with van der Waals surface area (Å²) in [5, 5.41) is 18.5. The number of aliphatic hydroxyl groups excluding tert-OH is 1. The van der Waals surface area contributed by atoms with Crippen molar-refractivity contribution in [3.05, 3.63) is 0 Å². The summed E-state index contributed by atoms with van der Waals surface area (Å²) in [6.07, 6.45) is 5.78. The van der Waals surface area contributed by atoms with E-state index in [1.54, 1.807) is 13.8 Å². The molecule has 0 aromatic heterocycles. The monoisotopic (exact) mass is 241 g/mol. The van der Waals surface area contributed by atoms with Crippen molar-refractivity contribution >= 4 is 0 Å². The number of rotatable bonds is 9. The molecule has 3 nitrogen and oxygen atoms in total. The molecule has 0 heterocycles. The molecule has 0 fully saturated rings. The zero-order valence-corrected chi connectivity index (χ0v) is 11.7. The van der Waals surface area contributed by atoms with Gasteiger partial charge < -0.3 is 9.84 Å². The smallest absolute Gasteiger partial charge is 0.151 e. The molecule has 3 heteroatoms. The van der Waals surface area contributed by atoms with Crippen LogP contribution in [-0.2, 0) is 4.74 Å². The van der Waals surface area contributed by atoms with Crippen LogP contribution in [0.3, 0.4) is 0 Å². The minimum absolute atomic E-state index is 0.296. The molecule has 0 aliphatic rings. The number of hydrogen-bond donors (Lipinski definition) is 1. The standard InChI is InChI=1S/C14H27NO2/c1-5-6-7-8-9-10-14(4,11-15)17-13(3)12(2)16/h12-13,16H,5-10H2,1-4H3. The molecule has 0 bridgehead atoms. The van der Waals surface area contributed by atoms with E-state index in [0.717, 1.165) is 19.3 Å². The molecule has 0 radical (unpaired) electrons. The summed E-state index contributed by atoms with van der Waals surface area (Å²) in [5.41, 5.74) is -0.761. The zero-order chi connectivity index (χ0) is 13.3. The van der Waals surface area contributed by atoms with Crippen molar-refractivity contribution < 1.29 is 9.84 Å². The highest BCUT2D eigenvalue weighted by Gasteiger charge is 2.28. The van der Waals surface area contributed by atoms with Crippen LogP contribution in [0.15, 0.2) is 0 Å². The van der Waals surface area contributed by atoms with Gasteiger partial charge in [-0.15, -0.1) is 0 Å². The van der Waals surface area contributed by atoms with Gasteiger partial charge in [0.25, 0.3) is 0 Å². The summed E-state index contributed by atoms with van der Waals surface area (Å²) in [5.74, 6) is 0. The third kappa shape index (κ3) is 7.36. The molecular weight excluding hydrogens is 214 g/mol. The largest absolute Gasteiger partial charge is 0.391 e. The van der Waals surface area contributed by atoms with Crippen molar-refractivity contribution in [1.82, 2.24) is 0 Å². The van der Waals surface area contributed by atoms with Gasteiger partial charge >= 0.3 is 0 Å². The maximum Gasteiger partial charge on any atom is 0.151 e. The number of aliphatic hydroxyl groups is 1. The topological polar surface area (TPSA) is 53.2 Å². The third-order valence-electron chi connectivity index (χ3n) is 3.12. The SMILES string of the molecule is CCCCCCCC(C)(C#N)OC(C)C(C)O. The highest BCUT2D eigenvalue weighted by Crippen LogP contribution is 2.22. The van der Waals surface area contributed by atoms with Crippen molar-refractivity contribution in [2.24, 2.45) is 0 Å². The Morgan fingerprint density at radius 1 is 1.24 bits per heavy atom. The summed E-state index contributed by atoms with van der Waals surface area (Å²) in [6, 6.07) is 2.22. The van der Waals surface area contributed by atoms with Crippen LogP contribution in [-0.4, -0.2) is 22.9 Å². The second-order valence-corrected chi connectivity index (χ2v) is 5.07. The van der Waals surface area contributed by atoms with Crippen LogP contribution >= 0.6 is 0 Å². The molecule has 100 valence electrons. The first kappa shape index (κ1) is 16.4. The van der Waals surface area contributed by atoms with E-state index >= 15 is 0 Å². The van der Waals surface area contributed by atoms with Gasteiger partial charge in [-0.25, -0.2) is 0 Å². The molecule has 17 heavy (non-hydrogen) atoms. The molecule has 3 unspecified atom stereocenters. The van der Waals surface area contributed by atoms with Crippen molar-refractivity contribution in [2.45, 2.75) is 84.0 Å². The molecule has 0 saturated carbocycles. The van der Waals surface area contributed by atoms with E-state index in [9.17, 15) is 5.11 Å². The molecule has 3 atom stereocenters.